The molecule has 8 nitrogen and oxygen atoms in total. The van der Waals surface area contributed by atoms with E-state index in [4.69, 9.17) is 4.74 Å². The van der Waals surface area contributed by atoms with Gasteiger partial charge in [0.1, 0.15) is 5.56 Å². The van der Waals surface area contributed by atoms with E-state index in [-0.39, 0.29) is 18.1 Å². The van der Waals surface area contributed by atoms with Gasteiger partial charge in [-0.2, -0.15) is 0 Å². The molecule has 0 saturated heterocycles. The Balaban J connectivity index is 2.92. The predicted octanol–water partition coefficient (Wildman–Crippen LogP) is 2.42. The van der Waals surface area contributed by atoms with Crippen LogP contribution in [0.1, 0.15) is 51.1 Å². The van der Waals surface area contributed by atoms with Gasteiger partial charge in [-0.25, -0.2) is 4.79 Å². The lowest BCUT2D eigenvalue weighted by molar-refractivity contribution is 0.157. The van der Waals surface area contributed by atoms with Gasteiger partial charge in [0.05, 0.1) is 12.6 Å². The highest BCUT2D eigenvalue weighted by molar-refractivity contribution is 5.99. The lowest BCUT2D eigenvalue weighted by atomic mass is 10.0. The second-order valence-corrected chi connectivity index (χ2v) is 7.87. The Kier molecular flexibility index (Phi) is 8.23. The Labute approximate surface area is 177 Å². The summed E-state index contributed by atoms with van der Waals surface area (Å²) in [6.45, 7) is 4.34. The van der Waals surface area contributed by atoms with Gasteiger partial charge < -0.3 is 14.7 Å². The van der Waals surface area contributed by atoms with Crippen molar-refractivity contribution >= 4 is 11.8 Å². The van der Waals surface area contributed by atoms with Crippen LogP contribution >= 0.6 is 0 Å². The van der Waals surface area contributed by atoms with Crippen molar-refractivity contribution < 1.29 is 9.84 Å². The molecule has 0 amide bonds. The van der Waals surface area contributed by atoms with Crippen molar-refractivity contribution in [1.82, 2.24) is 14.0 Å². The molecule has 1 N–H and O–H groups in total. The van der Waals surface area contributed by atoms with Crippen molar-refractivity contribution in [2.45, 2.75) is 52.1 Å². The van der Waals surface area contributed by atoms with E-state index in [1.165, 1.54) is 16.2 Å². The van der Waals surface area contributed by atoms with Crippen molar-refractivity contribution in [2.24, 2.45) is 4.99 Å². The van der Waals surface area contributed by atoms with Crippen LogP contribution < -0.4 is 11.2 Å². The number of nitrogens with zero attached hydrogens (tertiary/aromatic N) is 4. The molecule has 1 atom stereocenters. The second-order valence-electron chi connectivity index (χ2n) is 7.87. The van der Waals surface area contributed by atoms with Crippen molar-refractivity contribution in [3.8, 4) is 5.88 Å². The van der Waals surface area contributed by atoms with Gasteiger partial charge in [0.15, 0.2) is 0 Å². The summed E-state index contributed by atoms with van der Waals surface area (Å²) in [5.41, 5.74) is 1.63. The first-order valence-corrected chi connectivity index (χ1v) is 10.4. The van der Waals surface area contributed by atoms with Gasteiger partial charge in [0.25, 0.3) is 5.56 Å². The van der Waals surface area contributed by atoms with E-state index in [0.29, 0.717) is 25.0 Å². The molecule has 1 aromatic heterocycles. The molecule has 1 aromatic rings. The zero-order chi connectivity index (χ0) is 22.4. The topological polar surface area (TPSA) is 89.1 Å². The Bertz CT molecular complexity index is 967. The monoisotopic (exact) mass is 418 g/mol. The molecule has 0 saturated carbocycles. The largest absolute Gasteiger partial charge is 0.494 e. The fourth-order valence-electron chi connectivity index (χ4n) is 3.87. The first-order chi connectivity index (χ1) is 14.3. The van der Waals surface area contributed by atoms with Crippen molar-refractivity contribution in [2.75, 3.05) is 34.9 Å². The van der Waals surface area contributed by atoms with E-state index in [0.717, 1.165) is 24.0 Å². The molecule has 2 rings (SSSR count). The average Bonchev–Trinajstić information content (AvgIpc) is 3.04. The van der Waals surface area contributed by atoms with Crippen molar-refractivity contribution in [3.63, 3.8) is 0 Å². The number of aromatic hydroxyl groups is 1. The Morgan fingerprint density at radius 2 is 2.00 bits per heavy atom. The summed E-state index contributed by atoms with van der Waals surface area (Å²) in [6.07, 6.45) is 6.70. The Morgan fingerprint density at radius 1 is 1.30 bits per heavy atom. The van der Waals surface area contributed by atoms with Gasteiger partial charge >= 0.3 is 5.69 Å². The van der Waals surface area contributed by atoms with Crippen LogP contribution in [0.15, 0.2) is 31.9 Å². The summed E-state index contributed by atoms with van der Waals surface area (Å²) in [4.78, 5) is 32.7. The summed E-state index contributed by atoms with van der Waals surface area (Å²) in [5.74, 6) is -0.275. The van der Waals surface area contributed by atoms with Crippen LogP contribution in [0.4, 0.5) is 0 Å². The molecule has 0 radical (unpaired) electrons. The highest BCUT2D eigenvalue weighted by Crippen LogP contribution is 2.39. The molecular formula is C22H34N4O4. The number of aliphatic imine (C=N–C) groups is 1. The fraction of sp³-hybridized carbons (Fsp3) is 0.591. The Morgan fingerprint density at radius 3 is 2.57 bits per heavy atom. The number of aromatic nitrogens is 2. The molecule has 0 aliphatic heterocycles. The normalized spacial score (nSPS) is 16.8. The standard InChI is InChI=1S/C22H34N4O4/c1-7-8-11-25-20(27)19(21(28)26(22(25)29)15(2)14-30-6)18-16(12-23-3)9-10-17(18)13-24(4)5/h12-13,15,27H,7-11,14H2,1-6H3/b17-13+,23-12?. The number of allylic oxidation sites excluding steroid dienone is 3. The van der Waals surface area contributed by atoms with Crippen molar-refractivity contribution in [3.05, 3.63) is 43.7 Å². The van der Waals surface area contributed by atoms with Crippen LogP contribution in [0, 0.1) is 0 Å². The number of hydrogen-bond acceptors (Lipinski definition) is 6. The van der Waals surface area contributed by atoms with Crippen LogP contribution in [0.2, 0.25) is 0 Å². The summed E-state index contributed by atoms with van der Waals surface area (Å²) < 4.78 is 7.71. The van der Waals surface area contributed by atoms with E-state index in [2.05, 4.69) is 4.99 Å². The molecule has 0 bridgehead atoms. The second kappa shape index (κ2) is 10.4. The van der Waals surface area contributed by atoms with Gasteiger partial charge in [-0.1, -0.05) is 13.3 Å². The zero-order valence-corrected chi connectivity index (χ0v) is 18.9. The number of methoxy groups -OCH3 is 1. The summed E-state index contributed by atoms with van der Waals surface area (Å²) in [6, 6.07) is -0.464. The molecule has 1 aliphatic carbocycles. The number of unbranched alkanes of at least 4 members (excludes halogenated alkanes) is 1. The quantitative estimate of drug-likeness (QED) is 0.622. The third-order valence-electron chi connectivity index (χ3n) is 5.19. The minimum atomic E-state index is -0.512. The van der Waals surface area contributed by atoms with Gasteiger partial charge in [0.2, 0.25) is 5.88 Å². The highest BCUT2D eigenvalue weighted by atomic mass is 16.5. The van der Waals surface area contributed by atoms with E-state index >= 15 is 0 Å². The van der Waals surface area contributed by atoms with Gasteiger partial charge in [-0.05, 0) is 37.3 Å². The predicted molar refractivity (Wildman–Crippen MR) is 120 cm³/mol. The lowest BCUT2D eigenvalue weighted by Crippen LogP contribution is -2.44. The van der Waals surface area contributed by atoms with Crippen LogP contribution in [0.3, 0.4) is 0 Å². The van der Waals surface area contributed by atoms with Crippen LogP contribution in [-0.2, 0) is 11.3 Å². The van der Waals surface area contributed by atoms with Gasteiger partial charge in [0, 0.05) is 52.8 Å². The number of rotatable bonds is 9. The lowest BCUT2D eigenvalue weighted by Gasteiger charge is -2.21. The maximum Gasteiger partial charge on any atom is 0.334 e. The Hall–Kier alpha value is -2.61. The molecule has 1 aliphatic rings. The summed E-state index contributed by atoms with van der Waals surface area (Å²) in [7, 11) is 7.04. The van der Waals surface area contributed by atoms with Crippen LogP contribution in [0.5, 0.6) is 5.88 Å². The molecule has 30 heavy (non-hydrogen) atoms. The highest BCUT2D eigenvalue weighted by Gasteiger charge is 2.30. The SMILES string of the molecule is CCCCn1c(O)c(C2=C(C=NC)CC/C2=C\N(C)C)c(=O)n(C(C)COC)c1=O. The first kappa shape index (κ1) is 23.7. The van der Waals surface area contributed by atoms with Crippen LogP contribution in [-0.4, -0.2) is 60.2 Å². The van der Waals surface area contributed by atoms with E-state index < -0.39 is 17.3 Å². The molecule has 0 aromatic carbocycles. The van der Waals surface area contributed by atoms with E-state index in [9.17, 15) is 14.7 Å². The first-order valence-electron chi connectivity index (χ1n) is 10.4. The molecule has 1 heterocycles. The minimum Gasteiger partial charge on any atom is -0.494 e. The summed E-state index contributed by atoms with van der Waals surface area (Å²) in [5, 5.41) is 11.1. The third kappa shape index (κ3) is 4.75. The smallest absolute Gasteiger partial charge is 0.334 e. The maximum absolute atomic E-state index is 13.5. The fourth-order valence-corrected chi connectivity index (χ4v) is 3.87. The number of hydrogen-bond donors (Lipinski definition) is 1. The molecular weight excluding hydrogens is 384 g/mol. The molecule has 0 spiro atoms. The minimum absolute atomic E-state index is 0.161. The molecule has 0 fully saturated rings. The third-order valence-corrected chi connectivity index (χ3v) is 5.19. The molecule has 8 heteroatoms. The van der Waals surface area contributed by atoms with Gasteiger partial charge in [-0.15, -0.1) is 0 Å². The number of ether oxygens (including phenoxy) is 1. The van der Waals surface area contributed by atoms with Crippen LogP contribution in [0.25, 0.3) is 5.57 Å². The van der Waals surface area contributed by atoms with Gasteiger partial charge in [-0.3, -0.25) is 18.9 Å². The maximum atomic E-state index is 13.5. The zero-order valence-electron chi connectivity index (χ0n) is 18.9. The molecule has 1 unspecified atom stereocenters. The van der Waals surface area contributed by atoms with E-state index in [1.54, 1.807) is 20.2 Å². The average molecular weight is 419 g/mol. The van der Waals surface area contributed by atoms with Crippen molar-refractivity contribution in [1.29, 1.82) is 0 Å². The molecule has 166 valence electrons. The summed E-state index contributed by atoms with van der Waals surface area (Å²) >= 11 is 0. The van der Waals surface area contributed by atoms with E-state index in [1.807, 2.05) is 32.1 Å².